The highest BCUT2D eigenvalue weighted by atomic mass is 35.5. The number of hydrogen-bond donors (Lipinski definition) is 1. The van der Waals surface area contributed by atoms with Crippen LogP contribution in [0.3, 0.4) is 0 Å². The van der Waals surface area contributed by atoms with Crippen LogP contribution in [0.15, 0.2) is 65.8 Å². The zero-order valence-corrected chi connectivity index (χ0v) is 20.2. The second-order valence-electron chi connectivity index (χ2n) is 7.16. The Morgan fingerprint density at radius 1 is 1.11 bits per heavy atom. The average molecular weight is 518 g/mol. The molecule has 0 fully saturated rings. The van der Waals surface area contributed by atoms with Crippen LogP contribution in [-0.2, 0) is 11.4 Å². The fourth-order valence-corrected chi connectivity index (χ4v) is 3.36. The number of amides is 1. The number of ether oxygens (including phenoxy) is 3. The molecule has 0 heterocycles. The number of methoxy groups -OCH3 is 1. The lowest BCUT2D eigenvalue weighted by Crippen LogP contribution is -2.33. The molecule has 35 heavy (non-hydrogen) atoms. The highest BCUT2D eigenvalue weighted by molar-refractivity contribution is 6.35. The molecule has 0 aliphatic rings. The maximum Gasteiger partial charge on any atom is 0.282 e. The molecule has 11 heteroatoms. The van der Waals surface area contributed by atoms with Gasteiger partial charge in [0.2, 0.25) is 0 Å². The minimum atomic E-state index is -0.955. The molecule has 0 saturated carbocycles. The van der Waals surface area contributed by atoms with Crippen molar-refractivity contribution in [1.82, 2.24) is 5.43 Å². The van der Waals surface area contributed by atoms with Crippen molar-refractivity contribution < 1.29 is 23.9 Å². The molecular weight excluding hydrogens is 497 g/mol. The van der Waals surface area contributed by atoms with Gasteiger partial charge in [-0.15, -0.1) is 0 Å². The highest BCUT2D eigenvalue weighted by Gasteiger charge is 2.20. The number of nitro groups is 1. The lowest BCUT2D eigenvalue weighted by molar-refractivity contribution is -0.385. The van der Waals surface area contributed by atoms with E-state index in [1.807, 2.05) is 30.3 Å². The number of nitrogens with one attached hydrogen (secondary N) is 1. The van der Waals surface area contributed by atoms with Crippen LogP contribution >= 0.6 is 23.2 Å². The van der Waals surface area contributed by atoms with Crippen LogP contribution in [-0.4, -0.2) is 30.3 Å². The van der Waals surface area contributed by atoms with Crippen molar-refractivity contribution in [2.24, 2.45) is 5.10 Å². The van der Waals surface area contributed by atoms with E-state index in [1.165, 1.54) is 38.3 Å². The maximum absolute atomic E-state index is 12.3. The number of carbonyl (C=O) groups excluding carboxylic acids is 1. The first-order valence-electron chi connectivity index (χ1n) is 10.3. The van der Waals surface area contributed by atoms with Gasteiger partial charge in [-0.3, -0.25) is 14.9 Å². The lowest BCUT2D eigenvalue weighted by atomic mass is 10.1. The van der Waals surface area contributed by atoms with Gasteiger partial charge in [-0.25, -0.2) is 5.43 Å². The maximum atomic E-state index is 12.3. The van der Waals surface area contributed by atoms with E-state index in [2.05, 4.69) is 10.5 Å². The monoisotopic (exact) mass is 517 g/mol. The van der Waals surface area contributed by atoms with Gasteiger partial charge in [0.15, 0.2) is 17.6 Å². The summed E-state index contributed by atoms with van der Waals surface area (Å²) in [6.07, 6.45) is 0.186. The molecule has 0 aliphatic heterocycles. The summed E-state index contributed by atoms with van der Waals surface area (Å²) in [5, 5.41) is 16.1. The third kappa shape index (κ3) is 7.08. The average Bonchev–Trinajstić information content (AvgIpc) is 2.84. The summed E-state index contributed by atoms with van der Waals surface area (Å²) in [4.78, 5) is 23.4. The second-order valence-corrected chi connectivity index (χ2v) is 8.01. The van der Waals surface area contributed by atoms with Crippen LogP contribution in [0.5, 0.6) is 17.2 Å². The topological polar surface area (TPSA) is 112 Å². The molecule has 3 aromatic carbocycles. The largest absolute Gasteiger partial charge is 0.493 e. The fourth-order valence-electron chi connectivity index (χ4n) is 2.91. The number of hydrazone groups is 1. The van der Waals surface area contributed by atoms with E-state index in [4.69, 9.17) is 37.4 Å². The molecule has 0 saturated heterocycles. The van der Waals surface area contributed by atoms with E-state index in [-0.39, 0.29) is 40.1 Å². The summed E-state index contributed by atoms with van der Waals surface area (Å²) in [5.41, 5.74) is 3.01. The number of nitro benzene ring substituents is 1. The van der Waals surface area contributed by atoms with Gasteiger partial charge in [0, 0.05) is 5.02 Å². The summed E-state index contributed by atoms with van der Waals surface area (Å²) in [7, 11) is 1.42. The van der Waals surface area contributed by atoms with Gasteiger partial charge in [0.05, 0.1) is 34.9 Å². The molecule has 1 unspecified atom stereocenters. The molecule has 1 atom stereocenters. The minimum absolute atomic E-state index is 0.105. The van der Waals surface area contributed by atoms with Gasteiger partial charge in [-0.2, -0.15) is 5.10 Å². The van der Waals surface area contributed by atoms with E-state index >= 15 is 0 Å². The Morgan fingerprint density at radius 2 is 1.86 bits per heavy atom. The summed E-state index contributed by atoms with van der Waals surface area (Å²) in [6.45, 7) is 1.70. The smallest absolute Gasteiger partial charge is 0.282 e. The molecule has 0 aromatic heterocycles. The molecule has 0 aliphatic carbocycles. The van der Waals surface area contributed by atoms with Gasteiger partial charge in [-0.05, 0) is 36.8 Å². The van der Waals surface area contributed by atoms with E-state index in [0.29, 0.717) is 5.02 Å². The Bertz CT molecular complexity index is 1240. The van der Waals surface area contributed by atoms with Gasteiger partial charge < -0.3 is 14.2 Å². The number of rotatable bonds is 10. The van der Waals surface area contributed by atoms with Crippen molar-refractivity contribution in [1.29, 1.82) is 0 Å². The standard InChI is InChI=1S/C24H21Cl2N3O6/c1-15(35-21-9-8-18(25)11-19(21)26)24(30)28-27-13-17-10-22(33-2)23(12-20(17)29(31)32)34-14-16-6-4-3-5-7-16/h3-13,15H,14H2,1-2H3,(H,28,30). The first-order valence-corrected chi connectivity index (χ1v) is 11.0. The van der Waals surface area contributed by atoms with Crippen molar-refractivity contribution in [3.05, 3.63) is 92.0 Å². The third-order valence-corrected chi connectivity index (χ3v) is 5.22. The zero-order valence-electron chi connectivity index (χ0n) is 18.7. The first kappa shape index (κ1) is 25.8. The predicted octanol–water partition coefficient (Wildman–Crippen LogP) is 5.41. The van der Waals surface area contributed by atoms with Crippen LogP contribution in [0.4, 0.5) is 5.69 Å². The second kappa shape index (κ2) is 12.0. The van der Waals surface area contributed by atoms with Crippen LogP contribution in [0, 0.1) is 10.1 Å². The van der Waals surface area contributed by atoms with Crippen LogP contribution < -0.4 is 19.6 Å². The quantitative estimate of drug-likeness (QED) is 0.218. The summed E-state index contributed by atoms with van der Waals surface area (Å²) >= 11 is 11.9. The fraction of sp³-hybridized carbons (Fsp3) is 0.167. The van der Waals surface area contributed by atoms with Gasteiger partial charge in [0.1, 0.15) is 12.4 Å². The molecule has 1 amide bonds. The van der Waals surface area contributed by atoms with Gasteiger partial charge in [-0.1, -0.05) is 53.5 Å². The van der Waals surface area contributed by atoms with Gasteiger partial charge >= 0.3 is 0 Å². The number of hydrogen-bond acceptors (Lipinski definition) is 7. The molecule has 1 N–H and O–H groups in total. The third-order valence-electron chi connectivity index (χ3n) is 4.69. The number of halogens is 2. The number of carbonyl (C=O) groups is 1. The highest BCUT2D eigenvalue weighted by Crippen LogP contribution is 2.34. The molecule has 9 nitrogen and oxygen atoms in total. The molecule has 0 radical (unpaired) electrons. The molecule has 0 bridgehead atoms. The minimum Gasteiger partial charge on any atom is -0.493 e. The molecule has 182 valence electrons. The van der Waals surface area contributed by atoms with Gasteiger partial charge in [0.25, 0.3) is 11.6 Å². The van der Waals surface area contributed by atoms with Crippen molar-refractivity contribution in [3.63, 3.8) is 0 Å². The van der Waals surface area contributed by atoms with E-state index in [9.17, 15) is 14.9 Å². The first-order chi connectivity index (χ1) is 16.8. The summed E-state index contributed by atoms with van der Waals surface area (Å²) < 4.78 is 16.6. The predicted molar refractivity (Wildman–Crippen MR) is 133 cm³/mol. The Balaban J connectivity index is 1.71. The van der Waals surface area contributed by atoms with Crippen molar-refractivity contribution >= 4 is 41.0 Å². The summed E-state index contributed by atoms with van der Waals surface area (Å²) in [6, 6.07) is 16.6. The van der Waals surface area contributed by atoms with Crippen molar-refractivity contribution in [2.45, 2.75) is 19.6 Å². The van der Waals surface area contributed by atoms with E-state index in [1.54, 1.807) is 6.07 Å². The molecule has 3 rings (SSSR count). The SMILES string of the molecule is COc1cc(C=NNC(=O)C(C)Oc2ccc(Cl)cc2Cl)c([N+](=O)[O-])cc1OCc1ccccc1. The van der Waals surface area contributed by atoms with Crippen LogP contribution in [0.2, 0.25) is 10.0 Å². The Labute approximate surface area is 211 Å². The molecule has 0 spiro atoms. The van der Waals surface area contributed by atoms with Crippen LogP contribution in [0.1, 0.15) is 18.1 Å². The molecule has 3 aromatic rings. The van der Waals surface area contributed by atoms with Crippen molar-refractivity contribution in [3.8, 4) is 17.2 Å². The zero-order chi connectivity index (χ0) is 25.4. The van der Waals surface area contributed by atoms with Crippen LogP contribution in [0.25, 0.3) is 0 Å². The Hall–Kier alpha value is -3.82. The van der Waals surface area contributed by atoms with Crippen molar-refractivity contribution in [2.75, 3.05) is 7.11 Å². The Morgan fingerprint density at radius 3 is 2.51 bits per heavy atom. The normalized spacial score (nSPS) is 11.7. The molecular formula is C24H21Cl2N3O6. The number of nitrogens with zero attached hydrogens (tertiary/aromatic N) is 2. The summed E-state index contributed by atoms with van der Waals surface area (Å²) in [5.74, 6) is 0.151. The lowest BCUT2D eigenvalue weighted by Gasteiger charge is -2.14. The Kier molecular flexibility index (Phi) is 8.88. The van der Waals surface area contributed by atoms with E-state index < -0.39 is 16.9 Å². The number of benzene rings is 3. The van der Waals surface area contributed by atoms with E-state index in [0.717, 1.165) is 11.8 Å².